The zero-order valence-electron chi connectivity index (χ0n) is 6.40. The van der Waals surface area contributed by atoms with Crippen LogP contribution < -0.4 is 0 Å². The van der Waals surface area contributed by atoms with E-state index in [4.69, 9.17) is 0 Å². The fraction of sp³-hybridized carbons (Fsp3) is 0.600. The summed E-state index contributed by atoms with van der Waals surface area (Å²) < 4.78 is 0. The Balaban J connectivity index is 2.31. The van der Waals surface area contributed by atoms with Gasteiger partial charge in [-0.15, -0.1) is 0 Å². The zero-order chi connectivity index (χ0) is 7.07. The van der Waals surface area contributed by atoms with E-state index in [-0.39, 0.29) is 0 Å². The summed E-state index contributed by atoms with van der Waals surface area (Å²) in [7, 11) is 0. The molecular formula is C10H14. The Hall–Kier alpha value is -0.700. The first-order chi connectivity index (χ1) is 5.00. The second kappa shape index (κ2) is 5.11. The Morgan fingerprint density at radius 1 is 1.00 bits per heavy atom. The molecule has 10 heavy (non-hydrogen) atoms. The molecule has 0 spiro atoms. The molecule has 0 amide bonds. The normalized spacial score (nSPS) is 19.2. The van der Waals surface area contributed by atoms with Crippen LogP contribution in [0, 0.1) is 11.8 Å². The van der Waals surface area contributed by atoms with E-state index in [2.05, 4.69) is 17.9 Å². The molecule has 0 nitrogen and oxygen atoms in total. The first kappa shape index (κ1) is 7.41. The summed E-state index contributed by atoms with van der Waals surface area (Å²) in [5.74, 6) is 6.14. The lowest BCUT2D eigenvalue weighted by molar-refractivity contribution is 0.655. The average Bonchev–Trinajstić information content (AvgIpc) is 2.01. The van der Waals surface area contributed by atoms with E-state index in [9.17, 15) is 0 Å². The minimum atomic E-state index is 1.09. The topological polar surface area (TPSA) is 0 Å². The summed E-state index contributed by atoms with van der Waals surface area (Å²) in [6.45, 7) is 0. The van der Waals surface area contributed by atoms with Crippen LogP contribution in [0.2, 0.25) is 0 Å². The summed E-state index contributed by atoms with van der Waals surface area (Å²) in [5.41, 5.74) is 0. The van der Waals surface area contributed by atoms with Gasteiger partial charge in [-0.05, 0) is 25.3 Å². The van der Waals surface area contributed by atoms with E-state index >= 15 is 0 Å². The summed E-state index contributed by atoms with van der Waals surface area (Å²) >= 11 is 0. The van der Waals surface area contributed by atoms with Gasteiger partial charge in [0.15, 0.2) is 0 Å². The average molecular weight is 134 g/mol. The maximum atomic E-state index is 3.12. The van der Waals surface area contributed by atoms with E-state index in [0.29, 0.717) is 0 Å². The summed E-state index contributed by atoms with van der Waals surface area (Å²) in [4.78, 5) is 0. The first-order valence-electron chi connectivity index (χ1n) is 4.13. The van der Waals surface area contributed by atoms with E-state index in [1.165, 1.54) is 32.1 Å². The Labute approximate surface area is 63.3 Å². The molecule has 0 heteroatoms. The summed E-state index contributed by atoms with van der Waals surface area (Å²) in [6, 6.07) is 0. The molecule has 0 aromatic carbocycles. The Morgan fingerprint density at radius 2 is 1.90 bits per heavy atom. The molecule has 0 N–H and O–H groups in total. The van der Waals surface area contributed by atoms with E-state index < -0.39 is 0 Å². The van der Waals surface area contributed by atoms with Crippen molar-refractivity contribution in [2.75, 3.05) is 0 Å². The van der Waals surface area contributed by atoms with E-state index in [0.717, 1.165) is 6.42 Å². The van der Waals surface area contributed by atoms with Crippen LogP contribution in [-0.2, 0) is 0 Å². The predicted octanol–water partition coefficient (Wildman–Crippen LogP) is 2.90. The van der Waals surface area contributed by atoms with Gasteiger partial charge < -0.3 is 0 Å². The predicted molar refractivity (Wildman–Crippen MR) is 44.6 cm³/mol. The van der Waals surface area contributed by atoms with Gasteiger partial charge in [0.1, 0.15) is 0 Å². The third kappa shape index (κ3) is 3.35. The van der Waals surface area contributed by atoms with Crippen molar-refractivity contribution < 1.29 is 0 Å². The maximum absolute atomic E-state index is 3.12. The Kier molecular flexibility index (Phi) is 3.79. The van der Waals surface area contributed by atoms with Crippen molar-refractivity contribution in [1.29, 1.82) is 0 Å². The van der Waals surface area contributed by atoms with Gasteiger partial charge in [-0.25, -0.2) is 0 Å². The molecule has 1 aliphatic carbocycles. The lowest BCUT2D eigenvalue weighted by atomic mass is 10.1. The molecule has 0 saturated carbocycles. The van der Waals surface area contributed by atoms with Gasteiger partial charge in [0.25, 0.3) is 0 Å². The van der Waals surface area contributed by atoms with Crippen LogP contribution in [0.15, 0.2) is 12.2 Å². The second-order valence-electron chi connectivity index (χ2n) is 2.68. The van der Waals surface area contributed by atoms with Crippen molar-refractivity contribution in [3.63, 3.8) is 0 Å². The summed E-state index contributed by atoms with van der Waals surface area (Å²) in [5, 5.41) is 0. The molecule has 0 bridgehead atoms. The van der Waals surface area contributed by atoms with E-state index in [1.54, 1.807) is 0 Å². The highest BCUT2D eigenvalue weighted by Gasteiger charge is 1.87. The van der Waals surface area contributed by atoms with Crippen LogP contribution in [0.25, 0.3) is 0 Å². The highest BCUT2D eigenvalue weighted by atomic mass is 13.9. The fourth-order valence-electron chi connectivity index (χ4n) is 1.10. The van der Waals surface area contributed by atoms with Gasteiger partial charge in [0.05, 0.1) is 0 Å². The Bertz CT molecular complexity index is 155. The number of rotatable bonds is 0. The van der Waals surface area contributed by atoms with Gasteiger partial charge in [-0.2, -0.15) is 0 Å². The quantitative estimate of drug-likeness (QED) is 0.447. The first-order valence-corrected chi connectivity index (χ1v) is 4.13. The molecular weight excluding hydrogens is 120 g/mol. The standard InChI is InChI=1S/C10H14/c1-2-4-6-8-10-9-7-5-3-1/h1-2H,3,5,7-10H2. The molecule has 1 aliphatic rings. The molecule has 0 aliphatic heterocycles. The molecule has 0 aromatic rings. The molecule has 0 heterocycles. The molecule has 0 radical (unpaired) electrons. The number of hydrogen-bond acceptors (Lipinski definition) is 0. The third-order valence-electron chi connectivity index (χ3n) is 1.73. The van der Waals surface area contributed by atoms with Crippen LogP contribution in [0.4, 0.5) is 0 Å². The minimum absolute atomic E-state index is 1.09. The summed E-state index contributed by atoms with van der Waals surface area (Å²) in [6.07, 6.45) is 11.9. The van der Waals surface area contributed by atoms with Crippen molar-refractivity contribution >= 4 is 0 Å². The highest BCUT2D eigenvalue weighted by Crippen LogP contribution is 2.06. The third-order valence-corrected chi connectivity index (χ3v) is 1.73. The smallest absolute Gasteiger partial charge is 0.00922 e. The van der Waals surface area contributed by atoms with Gasteiger partial charge >= 0.3 is 0 Å². The van der Waals surface area contributed by atoms with Gasteiger partial charge in [-0.3, -0.25) is 0 Å². The lowest BCUT2D eigenvalue weighted by Crippen LogP contribution is -1.78. The van der Waals surface area contributed by atoms with Crippen LogP contribution in [0.1, 0.15) is 38.5 Å². The SMILES string of the molecule is C1#CCCCCCCC=C1. The van der Waals surface area contributed by atoms with Gasteiger partial charge in [-0.1, -0.05) is 30.8 Å². The monoisotopic (exact) mass is 134 g/mol. The van der Waals surface area contributed by atoms with Crippen molar-refractivity contribution in [2.24, 2.45) is 0 Å². The number of hydrogen-bond donors (Lipinski definition) is 0. The lowest BCUT2D eigenvalue weighted by Gasteiger charge is -1.96. The maximum Gasteiger partial charge on any atom is 0.00922 e. The molecule has 1 rings (SSSR count). The molecule has 0 atom stereocenters. The minimum Gasteiger partial charge on any atom is -0.0985 e. The van der Waals surface area contributed by atoms with Crippen LogP contribution in [-0.4, -0.2) is 0 Å². The van der Waals surface area contributed by atoms with Crippen molar-refractivity contribution in [3.8, 4) is 11.8 Å². The van der Waals surface area contributed by atoms with Crippen molar-refractivity contribution in [3.05, 3.63) is 12.2 Å². The molecule has 54 valence electrons. The molecule has 0 unspecified atom stereocenters. The van der Waals surface area contributed by atoms with Gasteiger partial charge in [0, 0.05) is 6.42 Å². The number of allylic oxidation sites excluding steroid dienone is 2. The largest absolute Gasteiger partial charge is 0.0985 e. The van der Waals surface area contributed by atoms with Crippen molar-refractivity contribution in [1.82, 2.24) is 0 Å². The van der Waals surface area contributed by atoms with Crippen molar-refractivity contribution in [2.45, 2.75) is 38.5 Å². The van der Waals surface area contributed by atoms with Crippen LogP contribution >= 0.6 is 0 Å². The van der Waals surface area contributed by atoms with E-state index in [1.807, 2.05) is 6.08 Å². The molecule has 0 saturated heterocycles. The second-order valence-corrected chi connectivity index (χ2v) is 2.68. The molecule has 0 aromatic heterocycles. The fourth-order valence-corrected chi connectivity index (χ4v) is 1.10. The van der Waals surface area contributed by atoms with Gasteiger partial charge in [0.2, 0.25) is 0 Å². The zero-order valence-corrected chi connectivity index (χ0v) is 6.40. The van der Waals surface area contributed by atoms with Crippen LogP contribution in [0.3, 0.4) is 0 Å². The molecule has 0 fully saturated rings. The van der Waals surface area contributed by atoms with Crippen LogP contribution in [0.5, 0.6) is 0 Å². The highest BCUT2D eigenvalue weighted by molar-refractivity contribution is 5.15. The Morgan fingerprint density at radius 3 is 2.90 bits per heavy atom.